The summed E-state index contributed by atoms with van der Waals surface area (Å²) < 4.78 is 1.32. The zero-order valence-corrected chi connectivity index (χ0v) is 11.8. The van der Waals surface area contributed by atoms with Crippen molar-refractivity contribution in [1.82, 2.24) is 15.1 Å². The van der Waals surface area contributed by atoms with Crippen LogP contribution < -0.4 is 5.32 Å². The quantitative estimate of drug-likeness (QED) is 0.928. The van der Waals surface area contributed by atoms with Gasteiger partial charge < -0.3 is 5.32 Å². The Hall–Kier alpha value is -2.43. The monoisotopic (exact) mass is 271 g/mol. The number of aryl methyl sites for hydroxylation is 2. The summed E-state index contributed by atoms with van der Waals surface area (Å²) in [6.07, 6.45) is 0. The highest BCUT2D eigenvalue weighted by atomic mass is 16.2. The first-order valence-corrected chi connectivity index (χ1v) is 6.42. The zero-order chi connectivity index (χ0) is 14.7. The first-order chi connectivity index (χ1) is 9.49. The van der Waals surface area contributed by atoms with Crippen molar-refractivity contribution in [3.8, 4) is 0 Å². The Kier molecular flexibility index (Phi) is 3.98. The van der Waals surface area contributed by atoms with E-state index < -0.39 is 6.04 Å². The lowest BCUT2D eigenvalue weighted by molar-refractivity contribution is 0.0800. The Balaban J connectivity index is 2.09. The van der Waals surface area contributed by atoms with Crippen molar-refractivity contribution in [3.05, 3.63) is 53.3 Å². The summed E-state index contributed by atoms with van der Waals surface area (Å²) in [7, 11) is 0. The molecule has 1 aromatic carbocycles. The second-order valence-corrected chi connectivity index (χ2v) is 4.74. The van der Waals surface area contributed by atoms with E-state index in [0.717, 1.165) is 11.4 Å². The number of nitrogens with zero attached hydrogens (tertiary/aromatic N) is 2. The van der Waals surface area contributed by atoms with Crippen molar-refractivity contribution < 1.29 is 9.59 Å². The van der Waals surface area contributed by atoms with Crippen molar-refractivity contribution in [2.75, 3.05) is 0 Å². The first-order valence-electron chi connectivity index (χ1n) is 6.42. The number of hydrogen-bond acceptors (Lipinski definition) is 3. The Morgan fingerprint density at radius 1 is 1.20 bits per heavy atom. The molecular weight excluding hydrogens is 254 g/mol. The van der Waals surface area contributed by atoms with Gasteiger partial charge >= 0.3 is 0 Å². The van der Waals surface area contributed by atoms with Gasteiger partial charge in [-0.2, -0.15) is 5.10 Å². The average molecular weight is 271 g/mol. The normalized spacial score (nSPS) is 11.9. The van der Waals surface area contributed by atoms with E-state index in [1.807, 2.05) is 26.0 Å². The molecule has 1 heterocycles. The minimum Gasteiger partial charge on any atom is -0.340 e. The molecule has 0 radical (unpaired) electrons. The van der Waals surface area contributed by atoms with Gasteiger partial charge in [0.1, 0.15) is 6.04 Å². The van der Waals surface area contributed by atoms with E-state index >= 15 is 0 Å². The predicted octanol–water partition coefficient (Wildman–Crippen LogP) is 1.96. The van der Waals surface area contributed by atoms with Gasteiger partial charge in [0.2, 0.25) is 0 Å². The van der Waals surface area contributed by atoms with Gasteiger partial charge in [0.15, 0.2) is 0 Å². The summed E-state index contributed by atoms with van der Waals surface area (Å²) in [6.45, 7) is 5.28. The van der Waals surface area contributed by atoms with Crippen molar-refractivity contribution in [2.45, 2.75) is 26.8 Å². The maximum Gasteiger partial charge on any atom is 0.269 e. The fraction of sp³-hybridized carbons (Fsp3) is 0.267. The molecule has 0 aliphatic heterocycles. The highest BCUT2D eigenvalue weighted by Crippen LogP contribution is 2.04. The average Bonchev–Trinajstić information content (AvgIpc) is 2.77. The summed E-state index contributed by atoms with van der Waals surface area (Å²) in [5.74, 6) is -0.520. The third kappa shape index (κ3) is 2.93. The molecule has 1 amide bonds. The van der Waals surface area contributed by atoms with E-state index in [0.29, 0.717) is 5.56 Å². The van der Waals surface area contributed by atoms with Crippen LogP contribution in [0.4, 0.5) is 0 Å². The molecule has 0 spiro atoms. The second kappa shape index (κ2) is 5.69. The molecule has 0 saturated carbocycles. The minimum atomic E-state index is -0.638. The standard InChI is InChI=1S/C15H17N3O2/c1-10-9-11(2)18(17-10)15(20)12(3)16-14(19)13-7-5-4-6-8-13/h4-9,12H,1-3H3,(H,16,19). The Morgan fingerprint density at radius 3 is 2.40 bits per heavy atom. The first kappa shape index (κ1) is 14.0. The molecule has 1 unspecified atom stereocenters. The molecule has 0 fully saturated rings. The lowest BCUT2D eigenvalue weighted by Crippen LogP contribution is -2.41. The highest BCUT2D eigenvalue weighted by Gasteiger charge is 2.20. The van der Waals surface area contributed by atoms with Gasteiger partial charge in [-0.3, -0.25) is 9.59 Å². The SMILES string of the molecule is Cc1cc(C)n(C(=O)C(C)NC(=O)c2ccccc2)n1. The summed E-state index contributed by atoms with van der Waals surface area (Å²) in [5.41, 5.74) is 2.06. The number of nitrogens with one attached hydrogen (secondary N) is 1. The molecule has 1 N–H and O–H groups in total. The Bertz CT molecular complexity index is 632. The lowest BCUT2D eigenvalue weighted by Gasteiger charge is -2.13. The van der Waals surface area contributed by atoms with Gasteiger partial charge in [-0.15, -0.1) is 0 Å². The van der Waals surface area contributed by atoms with Gasteiger partial charge in [0.05, 0.1) is 5.69 Å². The van der Waals surface area contributed by atoms with Crippen molar-refractivity contribution >= 4 is 11.8 Å². The number of aromatic nitrogens is 2. The molecule has 2 rings (SSSR count). The van der Waals surface area contributed by atoms with Crippen LogP contribution in [0.25, 0.3) is 0 Å². The largest absolute Gasteiger partial charge is 0.340 e. The predicted molar refractivity (Wildman–Crippen MR) is 75.7 cm³/mol. The van der Waals surface area contributed by atoms with Crippen LogP contribution in [0.2, 0.25) is 0 Å². The van der Waals surface area contributed by atoms with Gasteiger partial charge in [0, 0.05) is 11.3 Å². The number of benzene rings is 1. The van der Waals surface area contributed by atoms with Crippen LogP contribution in [0.1, 0.15) is 33.5 Å². The summed E-state index contributed by atoms with van der Waals surface area (Å²) >= 11 is 0. The van der Waals surface area contributed by atoms with Crippen LogP contribution in [-0.4, -0.2) is 27.6 Å². The van der Waals surface area contributed by atoms with E-state index in [4.69, 9.17) is 0 Å². The fourth-order valence-corrected chi connectivity index (χ4v) is 1.97. The molecule has 1 atom stereocenters. The van der Waals surface area contributed by atoms with Crippen LogP contribution >= 0.6 is 0 Å². The molecule has 0 aliphatic rings. The van der Waals surface area contributed by atoms with Gasteiger partial charge in [-0.25, -0.2) is 4.68 Å². The third-order valence-electron chi connectivity index (χ3n) is 2.97. The van der Waals surface area contributed by atoms with Crippen LogP contribution in [0.3, 0.4) is 0 Å². The molecule has 1 aromatic heterocycles. The smallest absolute Gasteiger partial charge is 0.269 e. The maximum absolute atomic E-state index is 12.2. The molecule has 20 heavy (non-hydrogen) atoms. The third-order valence-corrected chi connectivity index (χ3v) is 2.97. The molecule has 5 heteroatoms. The van der Waals surface area contributed by atoms with Crippen LogP contribution in [-0.2, 0) is 0 Å². The molecule has 5 nitrogen and oxygen atoms in total. The second-order valence-electron chi connectivity index (χ2n) is 4.74. The van der Waals surface area contributed by atoms with E-state index in [2.05, 4.69) is 10.4 Å². The minimum absolute atomic E-state index is 0.250. The Morgan fingerprint density at radius 2 is 1.85 bits per heavy atom. The fourth-order valence-electron chi connectivity index (χ4n) is 1.97. The number of carbonyl (C=O) groups is 2. The number of carbonyl (C=O) groups excluding carboxylic acids is 2. The van der Waals surface area contributed by atoms with Crippen LogP contribution in [0.5, 0.6) is 0 Å². The number of amides is 1. The van der Waals surface area contributed by atoms with Crippen molar-refractivity contribution in [3.63, 3.8) is 0 Å². The summed E-state index contributed by atoms with van der Waals surface area (Å²) in [6, 6.07) is 9.99. The number of rotatable bonds is 3. The Labute approximate surface area is 117 Å². The van der Waals surface area contributed by atoms with Crippen LogP contribution in [0.15, 0.2) is 36.4 Å². The van der Waals surface area contributed by atoms with Crippen molar-refractivity contribution in [2.24, 2.45) is 0 Å². The summed E-state index contributed by atoms with van der Waals surface area (Å²) in [5, 5.41) is 6.81. The topological polar surface area (TPSA) is 64.0 Å². The van der Waals surface area contributed by atoms with Crippen LogP contribution in [0, 0.1) is 13.8 Å². The molecular formula is C15H17N3O2. The molecule has 104 valence electrons. The molecule has 0 bridgehead atoms. The zero-order valence-electron chi connectivity index (χ0n) is 11.8. The van der Waals surface area contributed by atoms with E-state index in [1.54, 1.807) is 31.2 Å². The molecule has 0 saturated heterocycles. The van der Waals surface area contributed by atoms with Gasteiger partial charge in [-0.1, -0.05) is 18.2 Å². The van der Waals surface area contributed by atoms with Crippen molar-refractivity contribution in [1.29, 1.82) is 0 Å². The molecule has 2 aromatic rings. The highest BCUT2D eigenvalue weighted by molar-refractivity contribution is 5.97. The van der Waals surface area contributed by atoms with Gasteiger partial charge in [-0.05, 0) is 39.0 Å². The van der Waals surface area contributed by atoms with E-state index in [1.165, 1.54) is 4.68 Å². The summed E-state index contributed by atoms with van der Waals surface area (Å²) in [4.78, 5) is 24.2. The number of hydrogen-bond donors (Lipinski definition) is 1. The maximum atomic E-state index is 12.2. The molecule has 0 aliphatic carbocycles. The van der Waals surface area contributed by atoms with E-state index in [9.17, 15) is 9.59 Å². The lowest BCUT2D eigenvalue weighted by atomic mass is 10.2. The van der Waals surface area contributed by atoms with Gasteiger partial charge in [0.25, 0.3) is 11.8 Å². The van der Waals surface area contributed by atoms with E-state index in [-0.39, 0.29) is 11.8 Å².